The van der Waals surface area contributed by atoms with E-state index in [4.69, 9.17) is 25.8 Å². The molecule has 1 heterocycles. The molecule has 0 spiro atoms. The highest BCUT2D eigenvalue weighted by molar-refractivity contribution is 6.32. The lowest BCUT2D eigenvalue weighted by Crippen LogP contribution is -2.08. The van der Waals surface area contributed by atoms with Crippen LogP contribution in [0.1, 0.15) is 56.2 Å². The Morgan fingerprint density at radius 3 is 2.55 bits per heavy atom. The molecule has 0 bridgehead atoms. The molecule has 1 aliphatic rings. The number of nitrogens with zero attached hydrogens (tertiary/aromatic N) is 1. The van der Waals surface area contributed by atoms with E-state index in [0.717, 1.165) is 5.56 Å². The van der Waals surface area contributed by atoms with Gasteiger partial charge in [-0.1, -0.05) is 44.5 Å². The zero-order chi connectivity index (χ0) is 22.5. The number of methoxy groups -OCH3 is 1. The van der Waals surface area contributed by atoms with Crippen molar-refractivity contribution >= 4 is 35.5 Å². The number of rotatable bonds is 7. The summed E-state index contributed by atoms with van der Waals surface area (Å²) in [6, 6.07) is 10.9. The number of hydrogen-bond donors (Lipinski definition) is 0. The Hall–Kier alpha value is -3.12. The largest absolute Gasteiger partial charge is 0.493 e. The van der Waals surface area contributed by atoms with Crippen molar-refractivity contribution in [1.82, 2.24) is 0 Å². The van der Waals surface area contributed by atoms with Gasteiger partial charge in [-0.3, -0.25) is 4.79 Å². The van der Waals surface area contributed by atoms with Crippen LogP contribution in [-0.4, -0.2) is 24.9 Å². The fourth-order valence-corrected chi connectivity index (χ4v) is 3.25. The van der Waals surface area contributed by atoms with Crippen molar-refractivity contribution in [1.29, 1.82) is 0 Å². The topological polar surface area (TPSA) is 74.2 Å². The van der Waals surface area contributed by atoms with E-state index in [1.807, 2.05) is 31.2 Å². The van der Waals surface area contributed by atoms with Crippen LogP contribution in [0, 0.1) is 0 Å². The van der Waals surface area contributed by atoms with E-state index in [2.05, 4.69) is 18.8 Å². The fourth-order valence-electron chi connectivity index (χ4n) is 2.99. The smallest absolute Gasteiger partial charge is 0.363 e. The maximum Gasteiger partial charge on any atom is 0.363 e. The fraction of sp³-hybridized carbons (Fsp3) is 0.292. The van der Waals surface area contributed by atoms with Crippen LogP contribution in [0.15, 0.2) is 47.1 Å². The molecule has 6 nitrogen and oxygen atoms in total. The summed E-state index contributed by atoms with van der Waals surface area (Å²) in [7, 11) is 1.45. The molecule has 3 rings (SSSR count). The average Bonchev–Trinajstić information content (AvgIpc) is 3.10. The van der Waals surface area contributed by atoms with Crippen LogP contribution >= 0.6 is 11.6 Å². The highest BCUT2D eigenvalue weighted by Crippen LogP contribution is 2.37. The van der Waals surface area contributed by atoms with Gasteiger partial charge in [0.2, 0.25) is 5.90 Å². The van der Waals surface area contributed by atoms with Gasteiger partial charge in [0.05, 0.1) is 12.1 Å². The van der Waals surface area contributed by atoms with Crippen molar-refractivity contribution in [2.24, 2.45) is 4.99 Å². The lowest BCUT2D eigenvalue weighted by Gasteiger charge is -2.11. The van der Waals surface area contributed by atoms with Gasteiger partial charge in [-0.25, -0.2) is 9.79 Å². The Balaban J connectivity index is 1.89. The number of halogens is 1. The number of esters is 2. The standard InChI is InChI=1S/C24H24ClNO5/c1-5-6-21(27)30-22-18(25)11-15(13-20(22)29-4)12-19-24(28)31-23(26-19)17-9-7-16(8-10-17)14(2)3/h7-14H,5-6H2,1-4H3/b19-12-. The van der Waals surface area contributed by atoms with Crippen molar-refractivity contribution in [2.75, 3.05) is 7.11 Å². The zero-order valence-electron chi connectivity index (χ0n) is 17.9. The van der Waals surface area contributed by atoms with Crippen LogP contribution in [0.5, 0.6) is 11.5 Å². The molecule has 0 amide bonds. The number of aliphatic imine (C=N–C) groups is 1. The molecule has 0 unspecified atom stereocenters. The van der Waals surface area contributed by atoms with E-state index >= 15 is 0 Å². The number of benzene rings is 2. The summed E-state index contributed by atoms with van der Waals surface area (Å²) in [4.78, 5) is 28.5. The first kappa shape index (κ1) is 22.6. The molecule has 0 atom stereocenters. The van der Waals surface area contributed by atoms with Crippen LogP contribution in [0.4, 0.5) is 0 Å². The number of hydrogen-bond acceptors (Lipinski definition) is 6. The van der Waals surface area contributed by atoms with Crippen LogP contribution in [0.2, 0.25) is 5.02 Å². The third kappa shape index (κ3) is 5.33. The van der Waals surface area contributed by atoms with Gasteiger partial charge in [0.1, 0.15) is 0 Å². The molecule has 2 aromatic rings. The second kappa shape index (κ2) is 9.79. The van der Waals surface area contributed by atoms with Gasteiger partial charge in [0, 0.05) is 12.0 Å². The van der Waals surface area contributed by atoms with Crippen molar-refractivity contribution in [3.63, 3.8) is 0 Å². The molecule has 0 saturated heterocycles. The van der Waals surface area contributed by atoms with Gasteiger partial charge in [0.25, 0.3) is 0 Å². The van der Waals surface area contributed by atoms with Crippen molar-refractivity contribution in [2.45, 2.75) is 39.5 Å². The van der Waals surface area contributed by atoms with Gasteiger partial charge in [-0.05, 0) is 53.8 Å². The van der Waals surface area contributed by atoms with E-state index in [9.17, 15) is 9.59 Å². The quantitative estimate of drug-likeness (QED) is 0.321. The van der Waals surface area contributed by atoms with E-state index in [1.54, 1.807) is 18.2 Å². The van der Waals surface area contributed by atoms with Crippen molar-refractivity contribution < 1.29 is 23.8 Å². The Kier molecular flexibility index (Phi) is 7.13. The molecule has 162 valence electrons. The van der Waals surface area contributed by atoms with Gasteiger partial charge < -0.3 is 14.2 Å². The minimum atomic E-state index is -0.559. The van der Waals surface area contributed by atoms with E-state index in [0.29, 0.717) is 17.9 Å². The van der Waals surface area contributed by atoms with Crippen molar-refractivity contribution in [3.8, 4) is 11.5 Å². The monoisotopic (exact) mass is 441 g/mol. The normalized spacial score (nSPS) is 14.6. The zero-order valence-corrected chi connectivity index (χ0v) is 18.7. The molecule has 31 heavy (non-hydrogen) atoms. The molecule has 7 heteroatoms. The first-order valence-corrected chi connectivity index (χ1v) is 10.4. The molecule has 0 saturated carbocycles. The predicted octanol–water partition coefficient (Wildman–Crippen LogP) is 5.52. The summed E-state index contributed by atoms with van der Waals surface area (Å²) in [5.41, 5.74) is 2.60. The highest BCUT2D eigenvalue weighted by Gasteiger charge is 2.25. The second-order valence-corrected chi connectivity index (χ2v) is 7.78. The molecular formula is C24H24ClNO5. The SMILES string of the molecule is CCCC(=O)Oc1c(Cl)cc(/C=C2\N=C(c3ccc(C(C)C)cc3)OC2=O)cc1OC. The highest BCUT2D eigenvalue weighted by atomic mass is 35.5. The molecule has 2 aromatic carbocycles. The van der Waals surface area contributed by atoms with Crippen LogP contribution in [0.25, 0.3) is 6.08 Å². The first-order chi connectivity index (χ1) is 14.8. The molecule has 0 aromatic heterocycles. The third-order valence-electron chi connectivity index (χ3n) is 4.67. The van der Waals surface area contributed by atoms with Crippen molar-refractivity contribution in [3.05, 3.63) is 63.8 Å². The summed E-state index contributed by atoms with van der Waals surface area (Å²) >= 11 is 6.31. The molecule has 0 aliphatic carbocycles. The van der Waals surface area contributed by atoms with Gasteiger partial charge in [0.15, 0.2) is 17.2 Å². The summed E-state index contributed by atoms with van der Waals surface area (Å²) in [5, 5.41) is 0.190. The number of carbonyl (C=O) groups excluding carboxylic acids is 2. The van der Waals surface area contributed by atoms with Crippen LogP contribution in [-0.2, 0) is 14.3 Å². The number of ether oxygens (including phenoxy) is 3. The molecule has 1 aliphatic heterocycles. The number of carbonyl (C=O) groups is 2. The Morgan fingerprint density at radius 1 is 1.23 bits per heavy atom. The number of cyclic esters (lactones) is 1. The maximum atomic E-state index is 12.3. The second-order valence-electron chi connectivity index (χ2n) is 7.37. The lowest BCUT2D eigenvalue weighted by molar-refractivity contribution is -0.134. The van der Waals surface area contributed by atoms with Gasteiger partial charge in [-0.15, -0.1) is 0 Å². The predicted molar refractivity (Wildman–Crippen MR) is 120 cm³/mol. The van der Waals surface area contributed by atoms with E-state index in [-0.39, 0.29) is 34.5 Å². The summed E-state index contributed by atoms with van der Waals surface area (Å²) in [6.45, 7) is 6.10. The molecule has 0 fully saturated rings. The van der Waals surface area contributed by atoms with Crippen LogP contribution < -0.4 is 9.47 Å². The summed E-state index contributed by atoms with van der Waals surface area (Å²) < 4.78 is 16.0. The van der Waals surface area contributed by atoms with Crippen LogP contribution in [0.3, 0.4) is 0 Å². The maximum absolute atomic E-state index is 12.3. The molecule has 0 N–H and O–H groups in total. The Morgan fingerprint density at radius 2 is 1.94 bits per heavy atom. The lowest BCUT2D eigenvalue weighted by atomic mass is 10.0. The first-order valence-electron chi connectivity index (χ1n) is 10.0. The molecular weight excluding hydrogens is 418 g/mol. The third-order valence-corrected chi connectivity index (χ3v) is 4.95. The summed E-state index contributed by atoms with van der Waals surface area (Å²) in [6.07, 6.45) is 2.47. The van der Waals surface area contributed by atoms with E-state index < -0.39 is 11.9 Å². The van der Waals surface area contributed by atoms with Gasteiger partial charge in [-0.2, -0.15) is 0 Å². The summed E-state index contributed by atoms with van der Waals surface area (Å²) in [5.74, 6) is 0.121. The Labute approximate surface area is 186 Å². The minimum absolute atomic E-state index is 0.136. The minimum Gasteiger partial charge on any atom is -0.493 e. The van der Waals surface area contributed by atoms with Gasteiger partial charge >= 0.3 is 11.9 Å². The average molecular weight is 442 g/mol. The molecule has 0 radical (unpaired) electrons. The Bertz CT molecular complexity index is 1050. The van der Waals surface area contributed by atoms with E-state index in [1.165, 1.54) is 12.7 Å².